The number of carboxylic acid groups (broad SMARTS) is 1. The number of aliphatic carboxylic acids is 1. The van der Waals surface area contributed by atoms with E-state index >= 15 is 0 Å². The SMILES string of the molecule is Cc1nc(-c2ccccc2)nc(OCC(=O)O)c1C. The second-order valence-corrected chi connectivity index (χ2v) is 4.11. The van der Waals surface area contributed by atoms with E-state index in [-0.39, 0.29) is 0 Å². The van der Waals surface area contributed by atoms with Gasteiger partial charge in [0.15, 0.2) is 12.4 Å². The van der Waals surface area contributed by atoms with E-state index in [0.717, 1.165) is 16.8 Å². The van der Waals surface area contributed by atoms with Crippen molar-refractivity contribution in [3.8, 4) is 17.3 Å². The molecule has 5 heteroatoms. The number of carbonyl (C=O) groups is 1. The summed E-state index contributed by atoms with van der Waals surface area (Å²) in [6.07, 6.45) is 0. The van der Waals surface area contributed by atoms with Crippen LogP contribution in [0.5, 0.6) is 5.88 Å². The van der Waals surface area contributed by atoms with Gasteiger partial charge in [0.1, 0.15) is 0 Å². The molecule has 0 unspecified atom stereocenters. The van der Waals surface area contributed by atoms with Crippen LogP contribution in [0.15, 0.2) is 30.3 Å². The van der Waals surface area contributed by atoms with Crippen LogP contribution in [0.2, 0.25) is 0 Å². The highest BCUT2D eigenvalue weighted by Crippen LogP contribution is 2.22. The average molecular weight is 258 g/mol. The molecule has 1 aromatic heterocycles. The van der Waals surface area contributed by atoms with E-state index in [9.17, 15) is 4.79 Å². The second kappa shape index (κ2) is 5.48. The van der Waals surface area contributed by atoms with E-state index < -0.39 is 12.6 Å². The lowest BCUT2D eigenvalue weighted by atomic mass is 10.2. The molecule has 0 aliphatic heterocycles. The molecule has 2 rings (SSSR count). The molecule has 5 nitrogen and oxygen atoms in total. The van der Waals surface area contributed by atoms with Crippen LogP contribution in [0.3, 0.4) is 0 Å². The first-order valence-corrected chi connectivity index (χ1v) is 5.83. The third-order valence-corrected chi connectivity index (χ3v) is 2.71. The largest absolute Gasteiger partial charge is 0.479 e. The maximum atomic E-state index is 10.6. The zero-order valence-corrected chi connectivity index (χ0v) is 10.8. The van der Waals surface area contributed by atoms with Crippen LogP contribution in [0, 0.1) is 13.8 Å². The molecule has 0 radical (unpaired) electrons. The highest BCUT2D eigenvalue weighted by molar-refractivity contribution is 5.68. The molecular formula is C14H14N2O3. The number of carboxylic acids is 1. The lowest BCUT2D eigenvalue weighted by Gasteiger charge is -2.10. The van der Waals surface area contributed by atoms with E-state index in [2.05, 4.69) is 9.97 Å². The molecule has 0 saturated carbocycles. The number of benzene rings is 1. The van der Waals surface area contributed by atoms with Gasteiger partial charge in [-0.05, 0) is 13.8 Å². The van der Waals surface area contributed by atoms with E-state index in [0.29, 0.717) is 11.7 Å². The molecule has 1 aromatic carbocycles. The summed E-state index contributed by atoms with van der Waals surface area (Å²) in [5.74, 6) is -0.185. The van der Waals surface area contributed by atoms with Gasteiger partial charge in [-0.15, -0.1) is 0 Å². The second-order valence-electron chi connectivity index (χ2n) is 4.11. The Morgan fingerprint density at radius 2 is 1.89 bits per heavy atom. The van der Waals surface area contributed by atoms with Crippen LogP contribution in [-0.4, -0.2) is 27.7 Å². The minimum Gasteiger partial charge on any atom is -0.479 e. The van der Waals surface area contributed by atoms with Gasteiger partial charge in [-0.1, -0.05) is 30.3 Å². The van der Waals surface area contributed by atoms with E-state index in [1.165, 1.54) is 0 Å². The summed E-state index contributed by atoms with van der Waals surface area (Å²) in [7, 11) is 0. The lowest BCUT2D eigenvalue weighted by Crippen LogP contribution is -2.12. The minimum absolute atomic E-state index is 0.314. The van der Waals surface area contributed by atoms with Gasteiger partial charge in [-0.2, -0.15) is 4.98 Å². The molecule has 0 aliphatic carbocycles. The maximum absolute atomic E-state index is 10.6. The molecule has 0 spiro atoms. The fourth-order valence-electron chi connectivity index (χ4n) is 1.59. The lowest BCUT2D eigenvalue weighted by molar-refractivity contribution is -0.139. The Hall–Kier alpha value is -2.43. The number of ether oxygens (including phenoxy) is 1. The highest BCUT2D eigenvalue weighted by atomic mass is 16.5. The van der Waals surface area contributed by atoms with Crippen molar-refractivity contribution in [2.24, 2.45) is 0 Å². The topological polar surface area (TPSA) is 72.3 Å². The van der Waals surface area contributed by atoms with Crippen molar-refractivity contribution >= 4 is 5.97 Å². The Kier molecular flexibility index (Phi) is 3.75. The standard InChI is InChI=1S/C14H14N2O3/c1-9-10(2)15-13(11-6-4-3-5-7-11)16-14(9)19-8-12(17)18/h3-7H,8H2,1-2H3,(H,17,18). The number of hydrogen-bond donors (Lipinski definition) is 1. The van der Waals surface area contributed by atoms with Crippen molar-refractivity contribution in [1.82, 2.24) is 9.97 Å². The Morgan fingerprint density at radius 3 is 2.53 bits per heavy atom. The normalized spacial score (nSPS) is 10.2. The number of aromatic nitrogens is 2. The summed E-state index contributed by atoms with van der Waals surface area (Å²) in [5.41, 5.74) is 2.39. The van der Waals surface area contributed by atoms with Crippen molar-refractivity contribution in [3.63, 3.8) is 0 Å². The molecule has 2 aromatic rings. The molecule has 19 heavy (non-hydrogen) atoms. The molecule has 0 bridgehead atoms. The van der Waals surface area contributed by atoms with Crippen molar-refractivity contribution in [2.75, 3.05) is 6.61 Å². The molecule has 1 heterocycles. The Labute approximate surface area is 110 Å². The quantitative estimate of drug-likeness (QED) is 0.910. The fourth-order valence-corrected chi connectivity index (χ4v) is 1.59. The zero-order valence-electron chi connectivity index (χ0n) is 10.8. The van der Waals surface area contributed by atoms with E-state index in [1.807, 2.05) is 37.3 Å². The molecule has 0 aliphatic rings. The van der Waals surface area contributed by atoms with Gasteiger partial charge in [0.25, 0.3) is 0 Å². The van der Waals surface area contributed by atoms with Crippen molar-refractivity contribution < 1.29 is 14.6 Å². The summed E-state index contributed by atoms with van der Waals surface area (Å²) in [5, 5.41) is 8.65. The fraction of sp³-hybridized carbons (Fsp3) is 0.214. The summed E-state index contributed by atoms with van der Waals surface area (Å²) in [6, 6.07) is 9.49. The molecule has 1 N–H and O–H groups in total. The van der Waals surface area contributed by atoms with Gasteiger partial charge in [-0.3, -0.25) is 0 Å². The minimum atomic E-state index is -1.03. The van der Waals surface area contributed by atoms with Crippen LogP contribution in [0.25, 0.3) is 11.4 Å². The number of hydrogen-bond acceptors (Lipinski definition) is 4. The van der Waals surface area contributed by atoms with Crippen LogP contribution < -0.4 is 4.74 Å². The first-order valence-electron chi connectivity index (χ1n) is 5.83. The van der Waals surface area contributed by atoms with Gasteiger partial charge >= 0.3 is 5.97 Å². The zero-order chi connectivity index (χ0) is 13.8. The maximum Gasteiger partial charge on any atom is 0.341 e. The van der Waals surface area contributed by atoms with Crippen molar-refractivity contribution in [1.29, 1.82) is 0 Å². The molecular weight excluding hydrogens is 244 g/mol. The van der Waals surface area contributed by atoms with Gasteiger partial charge in [-0.25, -0.2) is 9.78 Å². The number of nitrogens with zero attached hydrogens (tertiary/aromatic N) is 2. The predicted octanol–water partition coefficient (Wildman–Crippen LogP) is 2.22. The van der Waals surface area contributed by atoms with Gasteiger partial charge < -0.3 is 9.84 Å². The Balaban J connectivity index is 2.39. The van der Waals surface area contributed by atoms with E-state index in [1.54, 1.807) is 6.92 Å². The molecule has 0 fully saturated rings. The summed E-state index contributed by atoms with van der Waals surface area (Å²) in [6.45, 7) is 3.24. The Morgan fingerprint density at radius 1 is 1.21 bits per heavy atom. The molecule has 0 amide bonds. The number of rotatable bonds is 4. The third-order valence-electron chi connectivity index (χ3n) is 2.71. The van der Waals surface area contributed by atoms with Gasteiger partial charge in [0.05, 0.1) is 0 Å². The first kappa shape index (κ1) is 13.0. The van der Waals surface area contributed by atoms with Gasteiger partial charge in [0, 0.05) is 16.8 Å². The van der Waals surface area contributed by atoms with Crippen molar-refractivity contribution in [3.05, 3.63) is 41.6 Å². The van der Waals surface area contributed by atoms with E-state index in [4.69, 9.17) is 9.84 Å². The van der Waals surface area contributed by atoms with Crippen LogP contribution in [0.4, 0.5) is 0 Å². The summed E-state index contributed by atoms with van der Waals surface area (Å²) >= 11 is 0. The van der Waals surface area contributed by atoms with Gasteiger partial charge in [0.2, 0.25) is 5.88 Å². The van der Waals surface area contributed by atoms with Crippen LogP contribution >= 0.6 is 0 Å². The highest BCUT2D eigenvalue weighted by Gasteiger charge is 2.11. The molecule has 0 saturated heterocycles. The Bertz CT molecular complexity index is 597. The molecule has 98 valence electrons. The average Bonchev–Trinajstić information content (AvgIpc) is 2.41. The smallest absolute Gasteiger partial charge is 0.341 e. The van der Waals surface area contributed by atoms with Crippen LogP contribution in [-0.2, 0) is 4.79 Å². The van der Waals surface area contributed by atoms with Crippen molar-refractivity contribution in [2.45, 2.75) is 13.8 Å². The summed E-state index contributed by atoms with van der Waals surface area (Å²) in [4.78, 5) is 19.2. The first-order chi connectivity index (χ1) is 9.08. The summed E-state index contributed by atoms with van der Waals surface area (Å²) < 4.78 is 5.19. The molecule has 0 atom stereocenters. The third kappa shape index (κ3) is 3.07. The predicted molar refractivity (Wildman–Crippen MR) is 70.1 cm³/mol. The number of aryl methyl sites for hydroxylation is 1. The monoisotopic (exact) mass is 258 g/mol. The van der Waals surface area contributed by atoms with Crippen LogP contribution in [0.1, 0.15) is 11.3 Å².